The zero-order valence-electron chi connectivity index (χ0n) is 17.8. The molecule has 4 nitrogen and oxygen atoms in total. The fraction of sp³-hybridized carbons (Fsp3) is 0.917. The average molecular weight is 391 g/mol. The molecule has 2 N–H and O–H groups in total. The number of hydrogen-bond donors (Lipinski definition) is 2. The monoisotopic (exact) mass is 390 g/mol. The van der Waals surface area contributed by atoms with Crippen molar-refractivity contribution < 1.29 is 19.8 Å². The van der Waals surface area contributed by atoms with Crippen molar-refractivity contribution in [1.29, 1.82) is 0 Å². The Morgan fingerprint density at radius 3 is 2.50 bits per heavy atom. The van der Waals surface area contributed by atoms with Crippen LogP contribution >= 0.6 is 0 Å². The Hall–Kier alpha value is -0.900. The summed E-state index contributed by atoms with van der Waals surface area (Å²) in [6.07, 6.45) is 8.81. The summed E-state index contributed by atoms with van der Waals surface area (Å²) in [6, 6.07) is 0. The van der Waals surface area contributed by atoms with E-state index in [1.165, 1.54) is 6.42 Å². The van der Waals surface area contributed by atoms with Gasteiger partial charge in [-0.2, -0.15) is 0 Å². The summed E-state index contributed by atoms with van der Waals surface area (Å²) in [5.74, 6) is 2.25. The lowest BCUT2D eigenvalue weighted by Crippen LogP contribution is -2.57. The fourth-order valence-electron chi connectivity index (χ4n) is 8.44. The number of ketones is 1. The summed E-state index contributed by atoms with van der Waals surface area (Å²) >= 11 is 0. The predicted octanol–water partition coefficient (Wildman–Crippen LogP) is 4.69. The molecule has 0 amide bonds. The van der Waals surface area contributed by atoms with Crippen LogP contribution in [0.15, 0.2) is 0 Å². The second kappa shape index (κ2) is 7.11. The quantitative estimate of drug-likeness (QED) is 0.730. The molecular weight excluding hydrogens is 352 g/mol. The zero-order chi connectivity index (χ0) is 20.3. The highest BCUT2D eigenvalue weighted by atomic mass is 16.4. The van der Waals surface area contributed by atoms with Gasteiger partial charge in [0.2, 0.25) is 0 Å². The smallest absolute Gasteiger partial charge is 0.303 e. The van der Waals surface area contributed by atoms with Crippen LogP contribution < -0.4 is 0 Å². The Labute approximate surface area is 169 Å². The van der Waals surface area contributed by atoms with E-state index in [1.54, 1.807) is 0 Å². The Morgan fingerprint density at radius 1 is 1.11 bits per heavy atom. The first-order valence-electron chi connectivity index (χ1n) is 11.6. The third-order valence-electron chi connectivity index (χ3n) is 10.0. The lowest BCUT2D eigenvalue weighted by atomic mass is 9.44. The van der Waals surface area contributed by atoms with E-state index in [0.717, 1.165) is 44.9 Å². The van der Waals surface area contributed by atoms with Gasteiger partial charge in [0, 0.05) is 18.8 Å². The molecule has 0 saturated heterocycles. The van der Waals surface area contributed by atoms with Gasteiger partial charge in [0.15, 0.2) is 0 Å². The SMILES string of the molecule is C[C@H](CCC(=O)O)[C@H]1CC[C@H]2[C@@H]3C(=O)C[C@@H]4C[C@H](O)CC[C@]4(C)[C@H]3CCC12C. The summed E-state index contributed by atoms with van der Waals surface area (Å²) in [4.78, 5) is 24.4. The number of aliphatic hydroxyl groups excluding tert-OH is 1. The lowest BCUT2D eigenvalue weighted by Gasteiger charge is -2.60. The van der Waals surface area contributed by atoms with Gasteiger partial charge in [-0.25, -0.2) is 0 Å². The molecule has 4 fully saturated rings. The van der Waals surface area contributed by atoms with Crippen LogP contribution in [0.4, 0.5) is 0 Å². The number of Topliss-reactive ketones (excluding diaryl/α,β-unsaturated/α-hetero) is 1. The van der Waals surface area contributed by atoms with Crippen LogP contribution in [0, 0.1) is 46.3 Å². The van der Waals surface area contributed by atoms with E-state index < -0.39 is 5.97 Å². The minimum Gasteiger partial charge on any atom is -0.481 e. The lowest BCUT2D eigenvalue weighted by molar-refractivity contribution is -0.160. The van der Waals surface area contributed by atoms with Crippen LogP contribution in [0.3, 0.4) is 0 Å². The largest absolute Gasteiger partial charge is 0.481 e. The first-order chi connectivity index (χ1) is 13.2. The maximum Gasteiger partial charge on any atom is 0.303 e. The predicted molar refractivity (Wildman–Crippen MR) is 108 cm³/mol. The third kappa shape index (κ3) is 3.05. The number of carboxylic acid groups (broad SMARTS) is 1. The molecule has 1 unspecified atom stereocenters. The molecule has 4 heteroatoms. The second-order valence-corrected chi connectivity index (χ2v) is 11.2. The molecule has 0 spiro atoms. The summed E-state index contributed by atoms with van der Waals surface area (Å²) in [6.45, 7) is 7.06. The molecule has 4 aliphatic rings. The minimum atomic E-state index is -0.698. The number of aliphatic carboxylic acids is 1. The van der Waals surface area contributed by atoms with E-state index >= 15 is 0 Å². The maximum atomic E-state index is 13.3. The summed E-state index contributed by atoms with van der Waals surface area (Å²) in [5, 5.41) is 19.3. The molecule has 0 aromatic heterocycles. The van der Waals surface area contributed by atoms with E-state index in [4.69, 9.17) is 5.11 Å². The number of fused-ring (bicyclic) bond motifs is 5. The third-order valence-corrected chi connectivity index (χ3v) is 10.0. The molecule has 4 rings (SSSR count). The number of aliphatic hydroxyl groups is 1. The molecule has 0 aliphatic heterocycles. The van der Waals surface area contributed by atoms with E-state index in [9.17, 15) is 14.7 Å². The topological polar surface area (TPSA) is 74.6 Å². The van der Waals surface area contributed by atoms with Crippen LogP contribution in [0.25, 0.3) is 0 Å². The highest BCUT2D eigenvalue weighted by molar-refractivity contribution is 5.83. The molecule has 0 heterocycles. The van der Waals surface area contributed by atoms with E-state index in [0.29, 0.717) is 41.8 Å². The Balaban J connectivity index is 1.56. The van der Waals surface area contributed by atoms with Gasteiger partial charge in [-0.1, -0.05) is 20.8 Å². The number of rotatable bonds is 4. The van der Waals surface area contributed by atoms with E-state index in [1.807, 2.05) is 0 Å². The van der Waals surface area contributed by atoms with Gasteiger partial charge < -0.3 is 10.2 Å². The Kier molecular flexibility index (Phi) is 5.17. The Morgan fingerprint density at radius 2 is 1.79 bits per heavy atom. The number of carboxylic acids is 1. The van der Waals surface area contributed by atoms with E-state index in [-0.39, 0.29) is 29.3 Å². The standard InChI is InChI=1S/C24H38O4/c1-14(4-7-21(27)28)17-5-6-18-22-19(9-11-24(17,18)3)23(2)10-8-16(25)12-15(23)13-20(22)26/h14-19,22,25H,4-13H2,1-3H3,(H,27,28)/t14-,15+,16-,17-,18+,19+,22+,23+,24?/m1/s1. The van der Waals surface area contributed by atoms with Crippen LogP contribution in [0.5, 0.6) is 0 Å². The first kappa shape index (κ1) is 20.4. The number of hydrogen-bond acceptors (Lipinski definition) is 3. The van der Waals surface area contributed by atoms with Gasteiger partial charge in [0.25, 0.3) is 0 Å². The van der Waals surface area contributed by atoms with Gasteiger partial charge in [-0.3, -0.25) is 9.59 Å². The normalized spacial score (nSPS) is 49.1. The van der Waals surface area contributed by atoms with Crippen molar-refractivity contribution in [2.75, 3.05) is 0 Å². The van der Waals surface area contributed by atoms with Crippen molar-refractivity contribution in [3.05, 3.63) is 0 Å². The van der Waals surface area contributed by atoms with Crippen molar-refractivity contribution in [3.63, 3.8) is 0 Å². The first-order valence-corrected chi connectivity index (χ1v) is 11.6. The molecule has 0 radical (unpaired) electrons. The van der Waals surface area contributed by atoms with Gasteiger partial charge in [0.1, 0.15) is 5.78 Å². The molecule has 4 aliphatic carbocycles. The fourth-order valence-corrected chi connectivity index (χ4v) is 8.44. The number of carbonyl (C=O) groups excluding carboxylic acids is 1. The van der Waals surface area contributed by atoms with Gasteiger partial charge in [-0.15, -0.1) is 0 Å². The molecule has 0 bridgehead atoms. The maximum absolute atomic E-state index is 13.3. The van der Waals surface area contributed by atoms with Crippen molar-refractivity contribution in [1.82, 2.24) is 0 Å². The molecule has 158 valence electrons. The Bertz CT molecular complexity index is 645. The molecule has 0 aromatic rings. The summed E-state index contributed by atoms with van der Waals surface area (Å²) in [5.41, 5.74) is 0.401. The highest BCUT2D eigenvalue weighted by Gasteiger charge is 2.62. The zero-order valence-corrected chi connectivity index (χ0v) is 17.8. The summed E-state index contributed by atoms with van der Waals surface area (Å²) in [7, 11) is 0. The van der Waals surface area contributed by atoms with E-state index in [2.05, 4.69) is 20.8 Å². The molecule has 0 aromatic carbocycles. The van der Waals surface area contributed by atoms with Gasteiger partial charge >= 0.3 is 5.97 Å². The van der Waals surface area contributed by atoms with Crippen molar-refractivity contribution in [2.45, 2.75) is 91.1 Å². The second-order valence-electron chi connectivity index (χ2n) is 11.2. The van der Waals surface area contributed by atoms with Crippen LogP contribution in [0.2, 0.25) is 0 Å². The highest BCUT2D eigenvalue weighted by Crippen LogP contribution is 2.67. The molecule has 4 saturated carbocycles. The van der Waals surface area contributed by atoms with Crippen molar-refractivity contribution in [3.8, 4) is 0 Å². The van der Waals surface area contributed by atoms with Crippen LogP contribution in [-0.2, 0) is 9.59 Å². The molecule has 28 heavy (non-hydrogen) atoms. The van der Waals surface area contributed by atoms with Crippen LogP contribution in [-0.4, -0.2) is 28.1 Å². The molecular formula is C24H38O4. The number of carbonyl (C=O) groups is 2. The van der Waals surface area contributed by atoms with Gasteiger partial charge in [-0.05, 0) is 91.8 Å². The average Bonchev–Trinajstić information content (AvgIpc) is 2.98. The summed E-state index contributed by atoms with van der Waals surface area (Å²) < 4.78 is 0. The van der Waals surface area contributed by atoms with Crippen LogP contribution in [0.1, 0.15) is 85.0 Å². The molecule has 9 atom stereocenters. The van der Waals surface area contributed by atoms with Gasteiger partial charge in [0.05, 0.1) is 6.10 Å². The minimum absolute atomic E-state index is 0.187. The van der Waals surface area contributed by atoms with Crippen molar-refractivity contribution in [2.24, 2.45) is 46.3 Å². The van der Waals surface area contributed by atoms with Crippen molar-refractivity contribution >= 4 is 11.8 Å².